The summed E-state index contributed by atoms with van der Waals surface area (Å²) in [6, 6.07) is -0.194. The molecule has 2 heterocycles. The lowest BCUT2D eigenvalue weighted by Gasteiger charge is -2.25. The van der Waals surface area contributed by atoms with Crippen molar-refractivity contribution in [1.29, 1.82) is 0 Å². The van der Waals surface area contributed by atoms with Gasteiger partial charge in [0.25, 0.3) is 0 Å². The number of hydrogen-bond acceptors (Lipinski definition) is 8. The van der Waals surface area contributed by atoms with E-state index in [-0.39, 0.29) is 31.2 Å². The van der Waals surface area contributed by atoms with Crippen molar-refractivity contribution in [1.82, 2.24) is 4.57 Å². The Balaban J connectivity index is 1.97. The first-order chi connectivity index (χ1) is 15.1. The third-order valence-corrected chi connectivity index (χ3v) is 6.01. The Hall–Kier alpha value is -3.41. The molecular formula is C20H23F2N5O5. The number of oxime groups is 1. The lowest BCUT2D eigenvalue weighted by atomic mass is 9.88. The quantitative estimate of drug-likeness (QED) is 0.356. The minimum absolute atomic E-state index is 0.0498. The van der Waals surface area contributed by atoms with Gasteiger partial charge in [-0.3, -0.25) is 4.79 Å². The van der Waals surface area contributed by atoms with E-state index in [4.69, 9.17) is 21.4 Å². The highest BCUT2D eigenvalue weighted by Crippen LogP contribution is 2.43. The number of anilines is 2. The third-order valence-electron chi connectivity index (χ3n) is 6.01. The molecule has 0 amide bonds. The van der Waals surface area contributed by atoms with Gasteiger partial charge in [0.15, 0.2) is 17.4 Å². The highest BCUT2D eigenvalue weighted by molar-refractivity contribution is 6.00. The van der Waals surface area contributed by atoms with Crippen LogP contribution in [0.25, 0.3) is 10.9 Å². The second-order valence-electron chi connectivity index (χ2n) is 8.28. The van der Waals surface area contributed by atoms with Crippen LogP contribution in [-0.4, -0.2) is 48.3 Å². The number of ether oxygens (including phenoxy) is 1. The van der Waals surface area contributed by atoms with E-state index in [2.05, 4.69) is 9.89 Å². The van der Waals surface area contributed by atoms with Gasteiger partial charge in [0.2, 0.25) is 5.43 Å². The van der Waals surface area contributed by atoms with Crippen LogP contribution >= 0.6 is 0 Å². The fourth-order valence-electron chi connectivity index (χ4n) is 4.14. The van der Waals surface area contributed by atoms with Gasteiger partial charge in [0, 0.05) is 24.5 Å². The van der Waals surface area contributed by atoms with E-state index in [0.717, 1.165) is 6.20 Å². The Morgan fingerprint density at radius 1 is 1.38 bits per heavy atom. The summed E-state index contributed by atoms with van der Waals surface area (Å²) in [7, 11) is 1.37. The average molecular weight is 451 g/mol. The highest BCUT2D eigenvalue weighted by atomic mass is 19.1. The summed E-state index contributed by atoms with van der Waals surface area (Å²) in [5.41, 5.74) is 9.50. The van der Waals surface area contributed by atoms with E-state index in [1.165, 1.54) is 16.6 Å². The predicted octanol–water partition coefficient (Wildman–Crippen LogP) is 2.04. The first-order valence-corrected chi connectivity index (χ1v) is 9.94. The molecule has 1 unspecified atom stereocenters. The lowest BCUT2D eigenvalue weighted by molar-refractivity contribution is 0.143. The second kappa shape index (κ2) is 7.62. The first-order valence-electron chi connectivity index (χ1n) is 9.94. The fourth-order valence-corrected chi connectivity index (χ4v) is 4.14. The van der Waals surface area contributed by atoms with E-state index >= 15 is 8.78 Å². The van der Waals surface area contributed by atoms with Gasteiger partial charge < -0.3 is 35.6 Å². The molecule has 12 heteroatoms. The standard InChI is InChI=1S/C20H23F2N5O5/c1-20(7-23)8-26(6-11(20)25-31-2)17-13(21)15(24)12-16(14(17)22)27(9-3-4-9)5-10(18(12)28)32-19(29)30/h5,9H,3-4,6-8,23-24H2,1-2H3,(H,29,30)/b25-11+. The predicted molar refractivity (Wildman–Crippen MR) is 113 cm³/mol. The zero-order valence-corrected chi connectivity index (χ0v) is 17.5. The minimum atomic E-state index is -1.72. The number of fused-ring (bicyclic) bond motifs is 1. The Kier molecular flexibility index (Phi) is 5.19. The van der Waals surface area contributed by atoms with Crippen LogP contribution in [0.4, 0.5) is 25.0 Å². The zero-order valence-electron chi connectivity index (χ0n) is 17.5. The van der Waals surface area contributed by atoms with Crippen LogP contribution in [0.2, 0.25) is 0 Å². The van der Waals surface area contributed by atoms with Crippen molar-refractivity contribution in [2.24, 2.45) is 16.3 Å². The molecule has 2 aromatic rings. The number of benzene rings is 1. The summed E-state index contributed by atoms with van der Waals surface area (Å²) in [4.78, 5) is 30.1. The molecule has 1 saturated heterocycles. The molecule has 0 bridgehead atoms. The molecule has 0 radical (unpaired) electrons. The summed E-state index contributed by atoms with van der Waals surface area (Å²) in [5.74, 6) is -2.67. The second-order valence-corrected chi connectivity index (χ2v) is 8.28. The van der Waals surface area contributed by atoms with Crippen molar-refractivity contribution < 1.29 is 28.3 Å². The molecule has 1 aromatic carbocycles. The average Bonchev–Trinajstić information content (AvgIpc) is 3.52. The van der Waals surface area contributed by atoms with Crippen LogP contribution in [0, 0.1) is 17.0 Å². The summed E-state index contributed by atoms with van der Waals surface area (Å²) in [5, 5.41) is 12.4. The van der Waals surface area contributed by atoms with Gasteiger partial charge in [-0.1, -0.05) is 12.1 Å². The fraction of sp³-hybridized carbons (Fsp3) is 0.450. The monoisotopic (exact) mass is 451 g/mol. The Morgan fingerprint density at radius 3 is 2.62 bits per heavy atom. The number of nitrogens with zero attached hydrogens (tertiary/aromatic N) is 3. The van der Waals surface area contributed by atoms with Crippen LogP contribution in [0.1, 0.15) is 25.8 Å². The molecule has 1 atom stereocenters. The smallest absolute Gasteiger partial charge is 0.449 e. The first kappa shape index (κ1) is 21.8. The topological polar surface area (TPSA) is 145 Å². The number of halogens is 2. The van der Waals surface area contributed by atoms with E-state index in [1.54, 1.807) is 6.92 Å². The van der Waals surface area contributed by atoms with Gasteiger partial charge in [-0.2, -0.15) is 0 Å². The molecule has 1 saturated carbocycles. The van der Waals surface area contributed by atoms with Crippen molar-refractivity contribution in [2.45, 2.75) is 25.8 Å². The van der Waals surface area contributed by atoms with Gasteiger partial charge in [0.05, 0.1) is 35.0 Å². The Bertz CT molecular complexity index is 1210. The molecule has 1 aromatic heterocycles. The third kappa shape index (κ3) is 3.30. The van der Waals surface area contributed by atoms with Crippen LogP contribution in [0.15, 0.2) is 16.1 Å². The number of aromatic nitrogens is 1. The van der Waals surface area contributed by atoms with Gasteiger partial charge in [0.1, 0.15) is 12.8 Å². The van der Waals surface area contributed by atoms with E-state index in [1.807, 2.05) is 0 Å². The minimum Gasteiger partial charge on any atom is -0.449 e. The van der Waals surface area contributed by atoms with Crippen LogP contribution < -0.4 is 26.5 Å². The number of nitrogens with two attached hydrogens (primary N) is 2. The van der Waals surface area contributed by atoms with Gasteiger partial charge >= 0.3 is 6.16 Å². The Morgan fingerprint density at radius 2 is 2.06 bits per heavy atom. The highest BCUT2D eigenvalue weighted by Gasteiger charge is 2.43. The molecule has 5 N–H and O–H groups in total. The number of nitrogen functional groups attached to an aromatic ring is 1. The normalized spacial score (nSPS) is 22.0. The largest absolute Gasteiger partial charge is 0.511 e. The molecule has 32 heavy (non-hydrogen) atoms. The van der Waals surface area contributed by atoms with Crippen LogP contribution in [-0.2, 0) is 4.84 Å². The molecule has 0 spiro atoms. The molecule has 1 aliphatic carbocycles. The number of carbonyl (C=O) groups is 1. The van der Waals surface area contributed by atoms with E-state index < -0.39 is 51.1 Å². The van der Waals surface area contributed by atoms with E-state index in [0.29, 0.717) is 18.6 Å². The SMILES string of the molecule is CO/N=C1\CN(c2c(F)c(N)c3c(=O)c(OC(=O)O)cn(C4CC4)c3c2F)CC1(C)CN. The van der Waals surface area contributed by atoms with Crippen molar-refractivity contribution in [2.75, 3.05) is 37.4 Å². The summed E-state index contributed by atoms with van der Waals surface area (Å²) in [6.45, 7) is 2.17. The molecule has 2 aliphatic rings. The van der Waals surface area contributed by atoms with Crippen molar-refractivity contribution >= 4 is 34.1 Å². The number of carboxylic acid groups (broad SMARTS) is 1. The van der Waals surface area contributed by atoms with Crippen LogP contribution in [0.5, 0.6) is 5.75 Å². The van der Waals surface area contributed by atoms with Crippen molar-refractivity contribution in [3.63, 3.8) is 0 Å². The van der Waals surface area contributed by atoms with Gasteiger partial charge in [-0.05, 0) is 12.8 Å². The van der Waals surface area contributed by atoms with Crippen LogP contribution in [0.3, 0.4) is 0 Å². The molecular weight excluding hydrogens is 428 g/mol. The maximum Gasteiger partial charge on any atom is 0.511 e. The van der Waals surface area contributed by atoms with Gasteiger partial charge in [-0.25, -0.2) is 13.6 Å². The summed E-state index contributed by atoms with van der Waals surface area (Å²) < 4.78 is 37.3. The molecule has 4 rings (SSSR count). The summed E-state index contributed by atoms with van der Waals surface area (Å²) >= 11 is 0. The molecule has 10 nitrogen and oxygen atoms in total. The molecule has 2 fully saturated rings. The molecule has 172 valence electrons. The number of pyridine rings is 1. The van der Waals surface area contributed by atoms with Gasteiger partial charge in [-0.15, -0.1) is 0 Å². The maximum atomic E-state index is 15.9. The lowest BCUT2D eigenvalue weighted by Crippen LogP contribution is -2.36. The van der Waals surface area contributed by atoms with Crippen molar-refractivity contribution in [3.8, 4) is 5.75 Å². The van der Waals surface area contributed by atoms with E-state index in [9.17, 15) is 9.59 Å². The number of hydrogen-bond donors (Lipinski definition) is 3. The zero-order chi connectivity index (χ0) is 23.4. The van der Waals surface area contributed by atoms with Crippen molar-refractivity contribution in [3.05, 3.63) is 28.1 Å². The number of rotatable bonds is 5. The summed E-state index contributed by atoms with van der Waals surface area (Å²) in [6.07, 6.45) is 0.765. The Labute approximate surface area is 181 Å². The molecule has 1 aliphatic heterocycles. The maximum absolute atomic E-state index is 15.9.